The number of carbonyl (C=O) groups is 1. The molecular weight excluding hydrogens is 426 g/mol. The molecule has 0 atom stereocenters. The van der Waals surface area contributed by atoms with Crippen molar-refractivity contribution in [2.24, 2.45) is 0 Å². The van der Waals surface area contributed by atoms with Crippen LogP contribution in [0.2, 0.25) is 0 Å². The molecule has 2 nitrogen and oxygen atoms in total. The number of hydrogen-bond acceptors (Lipinski definition) is 2. The summed E-state index contributed by atoms with van der Waals surface area (Å²) in [6, 6.07) is 9.60. The van der Waals surface area contributed by atoms with Crippen molar-refractivity contribution in [3.05, 3.63) is 61.4 Å². The highest BCUT2D eigenvalue weighted by Crippen LogP contribution is 2.25. The maximum Gasteiger partial charge on any atom is 0.196 e. The second kappa shape index (κ2) is 6.00. The Labute approximate surface area is 132 Å². The first-order chi connectivity index (χ1) is 9.02. The molecule has 2 rings (SSSR count). The maximum absolute atomic E-state index is 13.5. The van der Waals surface area contributed by atoms with Crippen molar-refractivity contribution in [2.75, 3.05) is 7.11 Å². The molecular formula is C14H9BrFIO2. The van der Waals surface area contributed by atoms with E-state index in [0.29, 0.717) is 21.3 Å². The van der Waals surface area contributed by atoms with Crippen LogP contribution in [0.15, 0.2) is 40.9 Å². The monoisotopic (exact) mass is 434 g/mol. The lowest BCUT2D eigenvalue weighted by Gasteiger charge is -2.08. The zero-order valence-electron chi connectivity index (χ0n) is 9.91. The van der Waals surface area contributed by atoms with Gasteiger partial charge in [-0.3, -0.25) is 4.79 Å². The molecule has 0 saturated carbocycles. The van der Waals surface area contributed by atoms with Crippen molar-refractivity contribution >= 4 is 44.3 Å². The SMILES string of the molecule is COc1ccc(I)cc1C(=O)c1ccc(Br)c(F)c1. The minimum atomic E-state index is -0.463. The number of carbonyl (C=O) groups excluding carboxylic acids is 1. The van der Waals surface area contributed by atoms with Crippen LogP contribution in [0.1, 0.15) is 15.9 Å². The van der Waals surface area contributed by atoms with Gasteiger partial charge in [-0.25, -0.2) is 4.39 Å². The Morgan fingerprint density at radius 2 is 2.00 bits per heavy atom. The molecule has 0 amide bonds. The maximum atomic E-state index is 13.5. The van der Waals surface area contributed by atoms with Crippen molar-refractivity contribution in [2.45, 2.75) is 0 Å². The normalized spacial score (nSPS) is 10.3. The summed E-state index contributed by atoms with van der Waals surface area (Å²) >= 11 is 5.18. The lowest BCUT2D eigenvalue weighted by molar-refractivity contribution is 0.103. The predicted octanol–water partition coefficient (Wildman–Crippen LogP) is 4.43. The number of hydrogen-bond donors (Lipinski definition) is 0. The Bertz CT molecular complexity index is 643. The Morgan fingerprint density at radius 3 is 2.63 bits per heavy atom. The fraction of sp³-hybridized carbons (Fsp3) is 0.0714. The van der Waals surface area contributed by atoms with E-state index in [1.807, 2.05) is 6.07 Å². The molecule has 0 aromatic heterocycles. The van der Waals surface area contributed by atoms with Gasteiger partial charge in [-0.05, 0) is 74.9 Å². The fourth-order valence-electron chi connectivity index (χ4n) is 1.65. The van der Waals surface area contributed by atoms with Crippen LogP contribution in [0.3, 0.4) is 0 Å². The predicted molar refractivity (Wildman–Crippen MR) is 83.2 cm³/mol. The summed E-state index contributed by atoms with van der Waals surface area (Å²) in [5.41, 5.74) is 0.720. The average Bonchev–Trinajstić information content (AvgIpc) is 2.41. The average molecular weight is 435 g/mol. The highest BCUT2D eigenvalue weighted by molar-refractivity contribution is 14.1. The Morgan fingerprint density at radius 1 is 1.26 bits per heavy atom. The highest BCUT2D eigenvalue weighted by Gasteiger charge is 2.16. The first-order valence-corrected chi connectivity index (χ1v) is 7.23. The van der Waals surface area contributed by atoms with E-state index in [9.17, 15) is 9.18 Å². The van der Waals surface area contributed by atoms with Crippen LogP contribution in [-0.4, -0.2) is 12.9 Å². The van der Waals surface area contributed by atoms with Gasteiger partial charge in [0.25, 0.3) is 0 Å². The molecule has 0 spiro atoms. The number of ether oxygens (including phenoxy) is 1. The Balaban J connectivity index is 2.49. The first-order valence-electron chi connectivity index (χ1n) is 5.36. The highest BCUT2D eigenvalue weighted by atomic mass is 127. The first kappa shape index (κ1) is 14.5. The van der Waals surface area contributed by atoms with Gasteiger partial charge in [0, 0.05) is 9.13 Å². The van der Waals surface area contributed by atoms with E-state index >= 15 is 0 Å². The van der Waals surface area contributed by atoms with Crippen LogP contribution in [0.4, 0.5) is 4.39 Å². The minimum absolute atomic E-state index is 0.262. The largest absolute Gasteiger partial charge is 0.496 e. The standard InChI is InChI=1S/C14H9BrFIO2/c1-19-13-5-3-9(17)7-10(13)14(18)8-2-4-11(15)12(16)6-8/h2-7H,1H3. The zero-order valence-corrected chi connectivity index (χ0v) is 13.7. The third-order valence-electron chi connectivity index (χ3n) is 2.59. The van der Waals surface area contributed by atoms with Gasteiger partial charge in [0.2, 0.25) is 0 Å². The van der Waals surface area contributed by atoms with E-state index in [1.54, 1.807) is 18.2 Å². The molecule has 2 aromatic rings. The minimum Gasteiger partial charge on any atom is -0.496 e. The number of ketones is 1. The molecule has 98 valence electrons. The van der Waals surface area contributed by atoms with Crippen molar-refractivity contribution in [3.8, 4) is 5.75 Å². The van der Waals surface area contributed by atoms with Crippen LogP contribution in [0, 0.1) is 9.39 Å². The molecule has 0 heterocycles. The summed E-state index contributed by atoms with van der Waals surface area (Å²) in [5, 5.41) is 0. The van der Waals surface area contributed by atoms with Crippen LogP contribution in [0.25, 0.3) is 0 Å². The number of benzene rings is 2. The van der Waals surface area contributed by atoms with Gasteiger partial charge in [-0.1, -0.05) is 0 Å². The summed E-state index contributed by atoms with van der Waals surface area (Å²) < 4.78 is 19.9. The number of rotatable bonds is 3. The van der Waals surface area contributed by atoms with Gasteiger partial charge in [0.1, 0.15) is 11.6 Å². The van der Waals surface area contributed by atoms with Gasteiger partial charge in [-0.15, -0.1) is 0 Å². The van der Waals surface area contributed by atoms with Crippen molar-refractivity contribution < 1.29 is 13.9 Å². The van der Waals surface area contributed by atoms with E-state index in [0.717, 1.165) is 3.57 Å². The third-order valence-corrected chi connectivity index (χ3v) is 3.90. The summed E-state index contributed by atoms with van der Waals surface area (Å²) in [4.78, 5) is 12.4. The molecule has 0 bridgehead atoms. The molecule has 0 aliphatic carbocycles. The molecule has 2 aromatic carbocycles. The third kappa shape index (κ3) is 3.14. The van der Waals surface area contributed by atoms with E-state index in [2.05, 4.69) is 38.5 Å². The summed E-state index contributed by atoms with van der Waals surface area (Å²) in [6.07, 6.45) is 0. The van der Waals surface area contributed by atoms with E-state index in [4.69, 9.17) is 4.74 Å². The molecule has 0 saturated heterocycles. The number of methoxy groups -OCH3 is 1. The molecule has 0 N–H and O–H groups in total. The summed E-state index contributed by atoms with van der Waals surface area (Å²) in [6.45, 7) is 0. The fourth-order valence-corrected chi connectivity index (χ4v) is 2.39. The van der Waals surface area contributed by atoms with E-state index in [1.165, 1.54) is 19.2 Å². The molecule has 0 radical (unpaired) electrons. The summed E-state index contributed by atoms with van der Waals surface area (Å²) in [5.74, 6) is -0.244. The molecule has 0 aliphatic rings. The second-order valence-electron chi connectivity index (χ2n) is 3.80. The smallest absolute Gasteiger partial charge is 0.196 e. The van der Waals surface area contributed by atoms with Gasteiger partial charge >= 0.3 is 0 Å². The van der Waals surface area contributed by atoms with Crippen LogP contribution in [0.5, 0.6) is 5.75 Å². The quantitative estimate of drug-likeness (QED) is 0.527. The van der Waals surface area contributed by atoms with Gasteiger partial charge in [0.05, 0.1) is 17.1 Å². The van der Waals surface area contributed by atoms with Crippen LogP contribution < -0.4 is 4.74 Å². The van der Waals surface area contributed by atoms with Crippen molar-refractivity contribution in [1.29, 1.82) is 0 Å². The topological polar surface area (TPSA) is 26.3 Å². The lowest BCUT2D eigenvalue weighted by atomic mass is 10.0. The van der Waals surface area contributed by atoms with E-state index in [-0.39, 0.29) is 5.78 Å². The van der Waals surface area contributed by atoms with Gasteiger partial charge in [-0.2, -0.15) is 0 Å². The second-order valence-corrected chi connectivity index (χ2v) is 5.90. The van der Waals surface area contributed by atoms with Crippen molar-refractivity contribution in [3.63, 3.8) is 0 Å². The lowest BCUT2D eigenvalue weighted by Crippen LogP contribution is -2.05. The van der Waals surface area contributed by atoms with Crippen LogP contribution in [-0.2, 0) is 0 Å². The Hall–Kier alpha value is -0.950. The van der Waals surface area contributed by atoms with Crippen molar-refractivity contribution in [1.82, 2.24) is 0 Å². The molecule has 0 aliphatic heterocycles. The van der Waals surface area contributed by atoms with Gasteiger partial charge < -0.3 is 4.74 Å². The molecule has 0 fully saturated rings. The zero-order chi connectivity index (χ0) is 14.0. The molecule has 0 unspecified atom stereocenters. The Kier molecular flexibility index (Phi) is 4.57. The summed E-state index contributed by atoms with van der Waals surface area (Å²) in [7, 11) is 1.50. The number of halogens is 3. The van der Waals surface area contributed by atoms with Gasteiger partial charge in [0.15, 0.2) is 5.78 Å². The molecule has 5 heteroatoms. The van der Waals surface area contributed by atoms with E-state index < -0.39 is 5.82 Å². The molecule has 19 heavy (non-hydrogen) atoms. The van der Waals surface area contributed by atoms with Crippen LogP contribution >= 0.6 is 38.5 Å².